The summed E-state index contributed by atoms with van der Waals surface area (Å²) in [6.45, 7) is 1.50. The molecule has 0 bridgehead atoms. The lowest BCUT2D eigenvalue weighted by Gasteiger charge is -2.23. The van der Waals surface area contributed by atoms with Crippen LogP contribution in [0, 0.1) is 11.8 Å². The average Bonchev–Trinajstić information content (AvgIpc) is 3.81. The molecule has 3 aromatic rings. The molecule has 0 saturated heterocycles. The van der Waals surface area contributed by atoms with Crippen molar-refractivity contribution in [2.24, 2.45) is 23.9 Å². The predicted molar refractivity (Wildman–Crippen MR) is 135 cm³/mol. The van der Waals surface area contributed by atoms with E-state index in [9.17, 15) is 26.4 Å². The normalized spacial score (nSPS) is 19.9. The van der Waals surface area contributed by atoms with E-state index in [4.69, 9.17) is 0 Å². The first-order valence-electron chi connectivity index (χ1n) is 12.6. The van der Waals surface area contributed by atoms with Crippen molar-refractivity contribution in [3.05, 3.63) is 47.8 Å². The molecule has 7 nitrogen and oxygen atoms in total. The minimum absolute atomic E-state index is 0.0206. The molecule has 2 aromatic heterocycles. The first-order chi connectivity index (χ1) is 18.0. The number of benzene rings is 1. The van der Waals surface area contributed by atoms with Gasteiger partial charge in [-0.1, -0.05) is 31.2 Å². The lowest BCUT2D eigenvalue weighted by Crippen LogP contribution is -2.39. The smallest absolute Gasteiger partial charge is 0.321 e. The van der Waals surface area contributed by atoms with Crippen LogP contribution in [-0.4, -0.2) is 46.4 Å². The van der Waals surface area contributed by atoms with Crippen molar-refractivity contribution in [1.29, 1.82) is 0 Å². The number of sulfone groups is 1. The molecular weight excluding hydrogens is 517 g/mol. The standard InChI is InChI=1S/C27H25F3N4O3S/c1-3-38(36,37)19-12-18(16-8-6-15(7-9-16)14-4-5-14)13-31-21(19)26-33-25-22(34(26)2)23(35)20(17-10-11-17)24(32-25)27(28,29)30/h6-9,12-14,17,20H,3-5,10-11H2,1-2H3. The van der Waals surface area contributed by atoms with Crippen LogP contribution in [-0.2, 0) is 16.9 Å². The molecule has 0 N–H and O–H groups in total. The predicted octanol–water partition coefficient (Wildman–Crippen LogP) is 5.68. The fourth-order valence-corrected chi connectivity index (χ4v) is 6.19. The Hall–Kier alpha value is -3.34. The first kappa shape index (κ1) is 25.0. The van der Waals surface area contributed by atoms with Crippen molar-refractivity contribution in [3.8, 4) is 22.6 Å². The molecule has 6 rings (SSSR count). The number of Topliss-reactive ketones (excluding diaryl/α,β-unsaturated/α-hetero) is 1. The number of hydrogen-bond donors (Lipinski definition) is 0. The Labute approximate surface area is 217 Å². The van der Waals surface area contributed by atoms with E-state index in [1.807, 2.05) is 24.3 Å². The van der Waals surface area contributed by atoms with Gasteiger partial charge in [0.1, 0.15) is 17.1 Å². The molecule has 11 heteroatoms. The summed E-state index contributed by atoms with van der Waals surface area (Å²) in [5.74, 6) is -2.50. The molecule has 0 spiro atoms. The van der Waals surface area contributed by atoms with Gasteiger partial charge >= 0.3 is 6.18 Å². The highest BCUT2D eigenvalue weighted by atomic mass is 32.2. The van der Waals surface area contributed by atoms with Crippen LogP contribution in [0.2, 0.25) is 0 Å². The number of aromatic nitrogens is 3. The molecule has 0 amide bonds. The minimum Gasteiger partial charge on any atom is -0.321 e. The van der Waals surface area contributed by atoms with Crippen LogP contribution in [0.15, 0.2) is 46.4 Å². The highest BCUT2D eigenvalue weighted by Gasteiger charge is 2.53. The number of halogens is 3. The third-order valence-corrected chi connectivity index (χ3v) is 9.31. The highest BCUT2D eigenvalue weighted by Crippen LogP contribution is 2.47. The number of hydrogen-bond acceptors (Lipinski definition) is 6. The third kappa shape index (κ3) is 4.16. The lowest BCUT2D eigenvalue weighted by atomic mass is 9.88. The van der Waals surface area contributed by atoms with Crippen LogP contribution in [0.4, 0.5) is 19.0 Å². The molecule has 1 unspecified atom stereocenters. The van der Waals surface area contributed by atoms with Crippen molar-refractivity contribution in [2.75, 3.05) is 5.75 Å². The van der Waals surface area contributed by atoms with Crippen molar-refractivity contribution in [2.45, 2.75) is 49.6 Å². The Morgan fingerprint density at radius 2 is 1.74 bits per heavy atom. The van der Waals surface area contributed by atoms with Gasteiger partial charge in [-0.25, -0.2) is 18.4 Å². The van der Waals surface area contributed by atoms with Gasteiger partial charge in [0.2, 0.25) is 0 Å². The summed E-state index contributed by atoms with van der Waals surface area (Å²) in [4.78, 5) is 25.6. The number of carbonyl (C=O) groups excluding carboxylic acids is 1. The van der Waals surface area contributed by atoms with Crippen LogP contribution in [0.25, 0.3) is 22.6 Å². The fraction of sp³-hybridized carbons (Fsp3) is 0.407. The Bertz CT molecular complexity index is 1600. The van der Waals surface area contributed by atoms with Crippen molar-refractivity contribution < 1.29 is 26.4 Å². The van der Waals surface area contributed by atoms with Crippen molar-refractivity contribution in [1.82, 2.24) is 14.5 Å². The van der Waals surface area contributed by atoms with E-state index < -0.39 is 39.3 Å². The third-order valence-electron chi connectivity index (χ3n) is 7.57. The number of aliphatic imine (C=N–C) groups is 1. The van der Waals surface area contributed by atoms with E-state index in [2.05, 4.69) is 15.0 Å². The van der Waals surface area contributed by atoms with Gasteiger partial charge in [0, 0.05) is 18.8 Å². The van der Waals surface area contributed by atoms with Gasteiger partial charge < -0.3 is 4.57 Å². The second-order valence-corrected chi connectivity index (χ2v) is 12.5. The van der Waals surface area contributed by atoms with Gasteiger partial charge in [-0.15, -0.1) is 0 Å². The van der Waals surface area contributed by atoms with Crippen molar-refractivity contribution >= 4 is 27.2 Å². The molecule has 2 saturated carbocycles. The first-order valence-corrected chi connectivity index (χ1v) is 14.2. The van der Waals surface area contributed by atoms with Gasteiger partial charge in [0.15, 0.2) is 27.3 Å². The maximum Gasteiger partial charge on any atom is 0.430 e. The number of imidazole rings is 1. The molecular formula is C27H25F3N4O3S. The average molecular weight is 543 g/mol. The molecule has 198 valence electrons. The monoisotopic (exact) mass is 542 g/mol. The quantitative estimate of drug-likeness (QED) is 0.400. The van der Waals surface area contributed by atoms with Crippen LogP contribution in [0.1, 0.15) is 54.6 Å². The Morgan fingerprint density at radius 3 is 2.32 bits per heavy atom. The van der Waals surface area contributed by atoms with E-state index in [1.54, 1.807) is 0 Å². The van der Waals surface area contributed by atoms with E-state index in [-0.39, 0.29) is 33.7 Å². The highest BCUT2D eigenvalue weighted by molar-refractivity contribution is 7.91. The molecule has 0 radical (unpaired) electrons. The molecule has 3 aliphatic rings. The lowest BCUT2D eigenvalue weighted by molar-refractivity contribution is -0.0629. The Morgan fingerprint density at radius 1 is 1.05 bits per heavy atom. The summed E-state index contributed by atoms with van der Waals surface area (Å²) in [6, 6.07) is 9.42. The summed E-state index contributed by atoms with van der Waals surface area (Å²) < 4.78 is 69.1. The molecule has 38 heavy (non-hydrogen) atoms. The van der Waals surface area contributed by atoms with Gasteiger partial charge in [-0.2, -0.15) is 13.2 Å². The topological polar surface area (TPSA) is 94.3 Å². The summed E-state index contributed by atoms with van der Waals surface area (Å²) in [5.41, 5.74) is 1.40. The Kier molecular flexibility index (Phi) is 5.64. The number of rotatable bonds is 6. The van der Waals surface area contributed by atoms with Crippen LogP contribution in [0.3, 0.4) is 0 Å². The zero-order chi connectivity index (χ0) is 27.0. The number of nitrogens with zero attached hydrogens (tertiary/aromatic N) is 4. The SMILES string of the molecule is CCS(=O)(=O)c1cc(-c2ccc(C3CC3)cc2)cnc1-c1nc2c(n1C)C(=O)C(C1CC1)C(C(F)(F)F)=N2. The van der Waals surface area contributed by atoms with Crippen LogP contribution in [0.5, 0.6) is 0 Å². The number of ketones is 1. The molecule has 1 atom stereocenters. The van der Waals surface area contributed by atoms with Crippen molar-refractivity contribution in [3.63, 3.8) is 0 Å². The molecule has 1 aliphatic heterocycles. The van der Waals surface area contributed by atoms with Crippen LogP contribution < -0.4 is 0 Å². The maximum absolute atomic E-state index is 13.8. The van der Waals surface area contributed by atoms with E-state index >= 15 is 0 Å². The molecule has 3 heterocycles. The summed E-state index contributed by atoms with van der Waals surface area (Å²) >= 11 is 0. The number of carbonyl (C=O) groups is 1. The Balaban J connectivity index is 1.48. The number of fused-ring (bicyclic) bond motifs is 1. The summed E-state index contributed by atoms with van der Waals surface area (Å²) in [6.07, 6.45) is 0.123. The largest absolute Gasteiger partial charge is 0.430 e. The summed E-state index contributed by atoms with van der Waals surface area (Å²) in [5, 5.41) is 0. The van der Waals surface area contributed by atoms with Crippen LogP contribution >= 0.6 is 0 Å². The maximum atomic E-state index is 13.8. The van der Waals surface area contributed by atoms with Gasteiger partial charge in [-0.05, 0) is 54.7 Å². The number of alkyl halides is 3. The number of pyridine rings is 1. The van der Waals surface area contributed by atoms with Gasteiger partial charge in [-0.3, -0.25) is 9.78 Å². The second kappa shape index (κ2) is 8.59. The van der Waals surface area contributed by atoms with E-state index in [0.717, 1.165) is 5.56 Å². The van der Waals surface area contributed by atoms with E-state index in [1.165, 1.54) is 49.2 Å². The zero-order valence-electron chi connectivity index (χ0n) is 20.8. The fourth-order valence-electron chi connectivity index (χ4n) is 5.14. The summed E-state index contributed by atoms with van der Waals surface area (Å²) in [7, 11) is -2.34. The minimum atomic E-state index is -4.77. The zero-order valence-corrected chi connectivity index (χ0v) is 21.6. The molecule has 2 aliphatic carbocycles. The second-order valence-electron chi connectivity index (χ2n) is 10.2. The molecule has 2 fully saturated rings. The van der Waals surface area contributed by atoms with Gasteiger partial charge in [0.05, 0.1) is 16.6 Å². The van der Waals surface area contributed by atoms with Gasteiger partial charge in [0.25, 0.3) is 0 Å². The van der Waals surface area contributed by atoms with E-state index in [0.29, 0.717) is 24.3 Å². The molecule has 1 aromatic carbocycles.